The summed E-state index contributed by atoms with van der Waals surface area (Å²) in [5.41, 5.74) is 0.731. The number of benzene rings is 1. The van der Waals surface area contributed by atoms with Crippen molar-refractivity contribution in [2.24, 2.45) is 0 Å². The van der Waals surface area contributed by atoms with Crippen molar-refractivity contribution < 1.29 is 9.53 Å². The number of ketones is 1. The molecule has 0 aromatic heterocycles. The van der Waals surface area contributed by atoms with E-state index in [1.54, 1.807) is 0 Å². The Labute approximate surface area is 110 Å². The van der Waals surface area contributed by atoms with Crippen LogP contribution in [0.3, 0.4) is 0 Å². The molecule has 2 nitrogen and oxygen atoms in total. The first-order chi connectivity index (χ1) is 8.79. The molecule has 0 saturated carbocycles. The largest absolute Gasteiger partial charge is 0.493 e. The van der Waals surface area contributed by atoms with Gasteiger partial charge in [-0.05, 0) is 25.5 Å². The summed E-state index contributed by atoms with van der Waals surface area (Å²) in [7, 11) is 0. The first kappa shape index (κ1) is 14.7. The second kappa shape index (κ2) is 8.73. The molecule has 0 fully saturated rings. The fraction of sp³-hybridized carbons (Fsp3) is 0.562. The third kappa shape index (κ3) is 4.91. The number of Topliss-reactive ketones (excluding diaryl/α,β-unsaturated/α-hetero) is 1. The van der Waals surface area contributed by atoms with Gasteiger partial charge in [0.1, 0.15) is 5.75 Å². The number of hydrogen-bond donors (Lipinski definition) is 0. The summed E-state index contributed by atoms with van der Waals surface area (Å²) in [6, 6.07) is 7.53. The molecular weight excluding hydrogens is 224 g/mol. The van der Waals surface area contributed by atoms with Gasteiger partial charge < -0.3 is 4.74 Å². The molecule has 0 amide bonds. The summed E-state index contributed by atoms with van der Waals surface area (Å²) in [4.78, 5) is 12.1. The maximum absolute atomic E-state index is 12.1. The Morgan fingerprint density at radius 2 is 1.78 bits per heavy atom. The first-order valence-corrected chi connectivity index (χ1v) is 7.04. The molecule has 0 heterocycles. The fourth-order valence-electron chi connectivity index (χ4n) is 2.00. The van der Waals surface area contributed by atoms with Crippen molar-refractivity contribution in [2.45, 2.75) is 52.4 Å². The van der Waals surface area contributed by atoms with E-state index in [0.717, 1.165) is 24.2 Å². The Hall–Kier alpha value is -1.31. The van der Waals surface area contributed by atoms with Crippen molar-refractivity contribution in [3.05, 3.63) is 29.8 Å². The minimum absolute atomic E-state index is 0.204. The number of ether oxygens (including phenoxy) is 1. The molecule has 100 valence electrons. The van der Waals surface area contributed by atoms with Gasteiger partial charge in [-0.2, -0.15) is 0 Å². The standard InChI is InChI=1S/C16H24O2/c1-3-5-6-7-8-12-15(17)14-11-9-10-13-16(14)18-4-2/h9-11,13H,3-8,12H2,1-2H3. The van der Waals surface area contributed by atoms with E-state index in [-0.39, 0.29) is 5.78 Å². The van der Waals surface area contributed by atoms with Crippen molar-refractivity contribution in [3.8, 4) is 5.75 Å². The van der Waals surface area contributed by atoms with E-state index in [0.29, 0.717) is 13.0 Å². The molecule has 0 N–H and O–H groups in total. The maximum atomic E-state index is 12.1. The summed E-state index contributed by atoms with van der Waals surface area (Å²) in [6.07, 6.45) is 6.51. The number of carbonyl (C=O) groups excluding carboxylic acids is 1. The molecule has 0 aliphatic carbocycles. The molecule has 0 atom stereocenters. The zero-order valence-electron chi connectivity index (χ0n) is 11.6. The normalized spacial score (nSPS) is 10.3. The number of carbonyl (C=O) groups is 1. The van der Waals surface area contributed by atoms with Crippen LogP contribution >= 0.6 is 0 Å². The van der Waals surface area contributed by atoms with E-state index in [2.05, 4.69) is 6.92 Å². The van der Waals surface area contributed by atoms with Gasteiger partial charge in [0.15, 0.2) is 5.78 Å². The molecule has 1 aromatic carbocycles. The van der Waals surface area contributed by atoms with E-state index < -0.39 is 0 Å². The molecule has 0 radical (unpaired) electrons. The summed E-state index contributed by atoms with van der Waals surface area (Å²) in [6.45, 7) is 4.73. The lowest BCUT2D eigenvalue weighted by molar-refractivity contribution is 0.0975. The third-order valence-electron chi connectivity index (χ3n) is 2.99. The Balaban J connectivity index is 2.45. The molecule has 0 bridgehead atoms. The fourth-order valence-corrected chi connectivity index (χ4v) is 2.00. The van der Waals surface area contributed by atoms with Crippen LogP contribution in [0.15, 0.2) is 24.3 Å². The van der Waals surface area contributed by atoms with Crippen LogP contribution < -0.4 is 4.74 Å². The average Bonchev–Trinajstić information content (AvgIpc) is 2.39. The van der Waals surface area contributed by atoms with Crippen molar-refractivity contribution in [1.82, 2.24) is 0 Å². The smallest absolute Gasteiger partial charge is 0.166 e. The number of unbranched alkanes of at least 4 members (excludes halogenated alkanes) is 4. The highest BCUT2D eigenvalue weighted by molar-refractivity contribution is 5.98. The lowest BCUT2D eigenvalue weighted by atomic mass is 10.0. The summed E-state index contributed by atoms with van der Waals surface area (Å²) in [5.74, 6) is 0.925. The topological polar surface area (TPSA) is 26.3 Å². The predicted octanol–water partition coefficient (Wildman–Crippen LogP) is 4.63. The highest BCUT2D eigenvalue weighted by Gasteiger charge is 2.11. The van der Waals surface area contributed by atoms with E-state index in [9.17, 15) is 4.79 Å². The number of hydrogen-bond acceptors (Lipinski definition) is 2. The molecule has 0 unspecified atom stereocenters. The zero-order valence-corrected chi connectivity index (χ0v) is 11.6. The van der Waals surface area contributed by atoms with Gasteiger partial charge in [0, 0.05) is 6.42 Å². The second-order valence-electron chi connectivity index (χ2n) is 4.52. The van der Waals surface area contributed by atoms with Gasteiger partial charge in [0.25, 0.3) is 0 Å². The van der Waals surface area contributed by atoms with Crippen LogP contribution in [-0.4, -0.2) is 12.4 Å². The molecule has 0 saturated heterocycles. The van der Waals surface area contributed by atoms with Crippen molar-refractivity contribution >= 4 is 5.78 Å². The minimum Gasteiger partial charge on any atom is -0.493 e. The van der Waals surface area contributed by atoms with E-state index in [1.807, 2.05) is 31.2 Å². The van der Waals surface area contributed by atoms with Gasteiger partial charge in [-0.25, -0.2) is 0 Å². The van der Waals surface area contributed by atoms with Gasteiger partial charge in [0.05, 0.1) is 12.2 Å². The Morgan fingerprint density at radius 3 is 2.50 bits per heavy atom. The van der Waals surface area contributed by atoms with Crippen LogP contribution in [0.1, 0.15) is 62.7 Å². The first-order valence-electron chi connectivity index (χ1n) is 7.04. The highest BCUT2D eigenvalue weighted by Crippen LogP contribution is 2.20. The van der Waals surface area contributed by atoms with E-state index >= 15 is 0 Å². The predicted molar refractivity (Wildman–Crippen MR) is 75.3 cm³/mol. The van der Waals surface area contributed by atoms with Gasteiger partial charge in [-0.1, -0.05) is 44.7 Å². The Morgan fingerprint density at radius 1 is 1.06 bits per heavy atom. The Bertz CT molecular complexity index is 358. The quantitative estimate of drug-likeness (QED) is 0.470. The van der Waals surface area contributed by atoms with E-state index in [1.165, 1.54) is 19.3 Å². The highest BCUT2D eigenvalue weighted by atomic mass is 16.5. The Kier molecular flexibility index (Phi) is 7.16. The monoisotopic (exact) mass is 248 g/mol. The van der Waals surface area contributed by atoms with Crippen LogP contribution in [0.25, 0.3) is 0 Å². The van der Waals surface area contributed by atoms with Crippen LogP contribution in [0, 0.1) is 0 Å². The van der Waals surface area contributed by atoms with E-state index in [4.69, 9.17) is 4.74 Å². The minimum atomic E-state index is 0.204. The van der Waals surface area contributed by atoms with Crippen molar-refractivity contribution in [2.75, 3.05) is 6.61 Å². The molecule has 0 aliphatic heterocycles. The lowest BCUT2D eigenvalue weighted by Crippen LogP contribution is -2.03. The summed E-state index contributed by atoms with van der Waals surface area (Å²) in [5, 5.41) is 0. The summed E-state index contributed by atoms with van der Waals surface area (Å²) < 4.78 is 5.48. The zero-order chi connectivity index (χ0) is 13.2. The number of para-hydroxylation sites is 1. The van der Waals surface area contributed by atoms with Gasteiger partial charge in [0.2, 0.25) is 0 Å². The molecule has 1 rings (SSSR count). The van der Waals surface area contributed by atoms with Gasteiger partial charge >= 0.3 is 0 Å². The van der Waals surface area contributed by atoms with Gasteiger partial charge in [-0.15, -0.1) is 0 Å². The molecule has 2 heteroatoms. The molecule has 0 spiro atoms. The van der Waals surface area contributed by atoms with Crippen LogP contribution in [0.4, 0.5) is 0 Å². The molecule has 0 aliphatic rings. The van der Waals surface area contributed by atoms with Crippen LogP contribution in [0.2, 0.25) is 0 Å². The second-order valence-corrected chi connectivity index (χ2v) is 4.52. The van der Waals surface area contributed by atoms with Crippen molar-refractivity contribution in [1.29, 1.82) is 0 Å². The molecular formula is C16H24O2. The molecule has 1 aromatic rings. The SMILES string of the molecule is CCCCCCCC(=O)c1ccccc1OCC. The average molecular weight is 248 g/mol. The lowest BCUT2D eigenvalue weighted by Gasteiger charge is -2.08. The third-order valence-corrected chi connectivity index (χ3v) is 2.99. The van der Waals surface area contributed by atoms with Crippen molar-refractivity contribution in [3.63, 3.8) is 0 Å². The molecule has 18 heavy (non-hydrogen) atoms. The van der Waals surface area contributed by atoms with Gasteiger partial charge in [-0.3, -0.25) is 4.79 Å². The maximum Gasteiger partial charge on any atom is 0.166 e. The van der Waals surface area contributed by atoms with Crippen LogP contribution in [0.5, 0.6) is 5.75 Å². The van der Waals surface area contributed by atoms with Crippen LogP contribution in [-0.2, 0) is 0 Å². The number of rotatable bonds is 9. The summed E-state index contributed by atoms with van der Waals surface area (Å²) >= 11 is 0.